The van der Waals surface area contributed by atoms with Crippen molar-refractivity contribution in [3.8, 4) is 0 Å². The third-order valence-corrected chi connectivity index (χ3v) is 5.20. The average Bonchev–Trinajstić information content (AvgIpc) is 3.14. The number of piperidine rings is 1. The topological polar surface area (TPSA) is 71.3 Å². The number of rotatable bonds is 7. The van der Waals surface area contributed by atoms with Gasteiger partial charge in [-0.25, -0.2) is 4.39 Å². The van der Waals surface area contributed by atoms with Crippen LogP contribution in [0.1, 0.15) is 31.2 Å². The first-order valence-corrected chi connectivity index (χ1v) is 9.61. The molecule has 0 bridgehead atoms. The van der Waals surface area contributed by atoms with Crippen LogP contribution in [0.2, 0.25) is 0 Å². The number of hydrogen-bond acceptors (Lipinski definition) is 4. The van der Waals surface area contributed by atoms with E-state index in [-0.39, 0.29) is 23.5 Å². The van der Waals surface area contributed by atoms with Crippen molar-refractivity contribution in [1.29, 1.82) is 0 Å². The lowest BCUT2D eigenvalue weighted by Crippen LogP contribution is -2.46. The summed E-state index contributed by atoms with van der Waals surface area (Å²) in [4.78, 5) is 28.5. The van der Waals surface area contributed by atoms with Crippen LogP contribution in [0.5, 0.6) is 0 Å². The van der Waals surface area contributed by atoms with Gasteiger partial charge in [0.25, 0.3) is 0 Å². The zero-order valence-electron chi connectivity index (χ0n) is 16.3. The highest BCUT2D eigenvalue weighted by atomic mass is 19.1. The van der Waals surface area contributed by atoms with Crippen LogP contribution in [-0.2, 0) is 29.1 Å². The summed E-state index contributed by atoms with van der Waals surface area (Å²) in [6.07, 6.45) is 3.14. The molecule has 1 aromatic heterocycles. The van der Waals surface area contributed by atoms with Gasteiger partial charge >= 0.3 is 0 Å². The van der Waals surface area contributed by atoms with Gasteiger partial charge < -0.3 is 14.4 Å². The van der Waals surface area contributed by atoms with E-state index in [0.717, 1.165) is 17.9 Å². The third-order valence-electron chi connectivity index (χ3n) is 5.20. The van der Waals surface area contributed by atoms with Crippen molar-refractivity contribution in [2.45, 2.75) is 39.3 Å². The Labute approximate surface area is 164 Å². The van der Waals surface area contributed by atoms with Crippen molar-refractivity contribution in [3.05, 3.63) is 47.8 Å². The van der Waals surface area contributed by atoms with E-state index in [1.165, 1.54) is 12.1 Å². The minimum absolute atomic E-state index is 0.00825. The van der Waals surface area contributed by atoms with Gasteiger partial charge in [-0.3, -0.25) is 9.59 Å². The van der Waals surface area contributed by atoms with Crippen LogP contribution >= 0.6 is 0 Å². The zero-order valence-corrected chi connectivity index (χ0v) is 16.3. The lowest BCUT2D eigenvalue weighted by molar-refractivity contribution is -0.142. The van der Waals surface area contributed by atoms with Crippen LogP contribution in [-0.4, -0.2) is 56.5 Å². The predicted octanol–water partition coefficient (Wildman–Crippen LogP) is 1.88. The molecule has 1 aliphatic rings. The summed E-state index contributed by atoms with van der Waals surface area (Å²) < 4.78 is 15.2. The van der Waals surface area contributed by atoms with E-state index in [4.69, 9.17) is 0 Å². The first-order chi connectivity index (χ1) is 13.5. The Hall–Kier alpha value is -2.77. The molecule has 2 aromatic rings. The van der Waals surface area contributed by atoms with Gasteiger partial charge in [-0.1, -0.05) is 12.1 Å². The maximum Gasteiger partial charge on any atom is 0.227 e. The van der Waals surface area contributed by atoms with Gasteiger partial charge in [-0.15, -0.1) is 10.2 Å². The smallest absolute Gasteiger partial charge is 0.227 e. The molecule has 0 N–H and O–H groups in total. The first-order valence-electron chi connectivity index (χ1n) is 9.61. The normalized spacial score (nSPS) is 17.0. The highest BCUT2D eigenvalue weighted by Crippen LogP contribution is 2.21. The van der Waals surface area contributed by atoms with E-state index in [2.05, 4.69) is 10.2 Å². The molecule has 7 nitrogen and oxygen atoms in total. The molecular formula is C20H26FN5O2. The second-order valence-electron chi connectivity index (χ2n) is 7.18. The standard InChI is InChI=1S/C20H26FN5O2/c1-3-25-14-22-23-18(25)13-24(2)20(28)16-7-8-19(27)26(12-16)10-9-15-5-4-6-17(21)11-15/h4-6,11,14,16H,3,7-10,12-13H2,1-2H3/t16-/m0/s1. The Balaban J connectivity index is 1.58. The molecule has 1 saturated heterocycles. The minimum Gasteiger partial charge on any atom is -0.342 e. The minimum atomic E-state index is -0.280. The van der Waals surface area contributed by atoms with Crippen molar-refractivity contribution in [2.24, 2.45) is 5.92 Å². The van der Waals surface area contributed by atoms with Gasteiger partial charge in [-0.05, 0) is 37.5 Å². The number of aromatic nitrogens is 3. The summed E-state index contributed by atoms with van der Waals surface area (Å²) in [5.41, 5.74) is 0.845. The molecule has 3 rings (SSSR count). The van der Waals surface area contributed by atoms with Crippen molar-refractivity contribution in [3.63, 3.8) is 0 Å². The molecule has 2 amide bonds. The molecule has 0 spiro atoms. The fraction of sp³-hybridized carbons (Fsp3) is 0.500. The summed E-state index contributed by atoms with van der Waals surface area (Å²) in [5, 5.41) is 7.97. The summed E-state index contributed by atoms with van der Waals surface area (Å²) in [7, 11) is 1.75. The van der Waals surface area contributed by atoms with E-state index in [9.17, 15) is 14.0 Å². The number of carbonyl (C=O) groups excluding carboxylic acids is 2. The Bertz CT molecular complexity index is 838. The van der Waals surface area contributed by atoms with Gasteiger partial charge in [-0.2, -0.15) is 0 Å². The van der Waals surface area contributed by atoms with Crippen molar-refractivity contribution < 1.29 is 14.0 Å². The predicted molar refractivity (Wildman–Crippen MR) is 102 cm³/mol. The van der Waals surface area contributed by atoms with Crippen LogP contribution in [0.4, 0.5) is 4.39 Å². The molecule has 8 heteroatoms. The number of aryl methyl sites for hydroxylation is 1. The molecule has 2 heterocycles. The van der Waals surface area contributed by atoms with Crippen LogP contribution < -0.4 is 0 Å². The maximum atomic E-state index is 13.3. The molecule has 0 radical (unpaired) electrons. The van der Waals surface area contributed by atoms with Gasteiger partial charge in [0.05, 0.1) is 12.5 Å². The van der Waals surface area contributed by atoms with Crippen molar-refractivity contribution >= 4 is 11.8 Å². The highest BCUT2D eigenvalue weighted by molar-refractivity contribution is 5.83. The number of carbonyl (C=O) groups is 2. The van der Waals surface area contributed by atoms with Crippen LogP contribution in [0, 0.1) is 11.7 Å². The largest absolute Gasteiger partial charge is 0.342 e. The molecule has 1 aromatic carbocycles. The lowest BCUT2D eigenvalue weighted by atomic mass is 9.95. The van der Waals surface area contributed by atoms with Gasteiger partial charge in [0, 0.05) is 33.1 Å². The molecule has 0 saturated carbocycles. The van der Waals surface area contributed by atoms with E-state index >= 15 is 0 Å². The molecule has 1 fully saturated rings. The molecule has 1 atom stereocenters. The average molecular weight is 387 g/mol. The van der Waals surface area contributed by atoms with E-state index in [0.29, 0.717) is 38.9 Å². The Morgan fingerprint density at radius 3 is 2.96 bits per heavy atom. The van der Waals surface area contributed by atoms with E-state index in [1.807, 2.05) is 17.6 Å². The molecule has 0 unspecified atom stereocenters. The fourth-order valence-electron chi connectivity index (χ4n) is 3.56. The zero-order chi connectivity index (χ0) is 20.1. The number of hydrogen-bond donors (Lipinski definition) is 0. The van der Waals surface area contributed by atoms with Crippen LogP contribution in [0.3, 0.4) is 0 Å². The van der Waals surface area contributed by atoms with E-state index < -0.39 is 0 Å². The SMILES string of the molecule is CCn1cnnc1CN(C)C(=O)[C@H]1CCC(=O)N(CCc2cccc(F)c2)C1. The van der Waals surface area contributed by atoms with Gasteiger partial charge in [0.2, 0.25) is 11.8 Å². The summed E-state index contributed by atoms with van der Waals surface area (Å²) in [6, 6.07) is 6.39. The second-order valence-corrected chi connectivity index (χ2v) is 7.18. The number of amides is 2. The molecule has 28 heavy (non-hydrogen) atoms. The third kappa shape index (κ3) is 4.74. The van der Waals surface area contributed by atoms with Crippen molar-refractivity contribution in [2.75, 3.05) is 20.1 Å². The fourth-order valence-corrected chi connectivity index (χ4v) is 3.56. The summed E-state index contributed by atoms with van der Waals surface area (Å²) in [5.74, 6) is 0.293. The van der Waals surface area contributed by atoms with Crippen molar-refractivity contribution in [1.82, 2.24) is 24.6 Å². The summed E-state index contributed by atoms with van der Waals surface area (Å²) >= 11 is 0. The number of halogens is 1. The molecule has 1 aliphatic heterocycles. The van der Waals surface area contributed by atoms with Crippen LogP contribution in [0.15, 0.2) is 30.6 Å². The quantitative estimate of drug-likeness (QED) is 0.727. The molecule has 150 valence electrons. The van der Waals surface area contributed by atoms with Gasteiger partial charge in [0.15, 0.2) is 5.82 Å². The first kappa shape index (κ1) is 20.0. The molecular weight excluding hydrogens is 361 g/mol. The molecule has 0 aliphatic carbocycles. The monoisotopic (exact) mass is 387 g/mol. The van der Waals surface area contributed by atoms with Crippen LogP contribution in [0.25, 0.3) is 0 Å². The number of likely N-dealkylation sites (tertiary alicyclic amines) is 1. The maximum absolute atomic E-state index is 13.3. The number of nitrogens with zero attached hydrogens (tertiary/aromatic N) is 5. The lowest BCUT2D eigenvalue weighted by Gasteiger charge is -2.33. The highest BCUT2D eigenvalue weighted by Gasteiger charge is 2.32. The number of benzene rings is 1. The Morgan fingerprint density at radius 1 is 1.39 bits per heavy atom. The Kier molecular flexibility index (Phi) is 6.38. The second kappa shape index (κ2) is 8.95. The van der Waals surface area contributed by atoms with E-state index in [1.54, 1.807) is 29.2 Å². The van der Waals surface area contributed by atoms with Gasteiger partial charge in [0.1, 0.15) is 12.1 Å². The summed E-state index contributed by atoms with van der Waals surface area (Å²) in [6.45, 7) is 4.02. The Morgan fingerprint density at radius 2 is 2.21 bits per heavy atom.